The molecule has 0 unspecified atom stereocenters. The highest BCUT2D eigenvalue weighted by Gasteiger charge is 2.20. The molecule has 0 aromatic heterocycles. The molecule has 1 aromatic carbocycles. The summed E-state index contributed by atoms with van der Waals surface area (Å²) in [5.41, 5.74) is 2.81. The summed E-state index contributed by atoms with van der Waals surface area (Å²) in [7, 11) is 0. The molecule has 2 heteroatoms. The van der Waals surface area contributed by atoms with Gasteiger partial charge in [0.2, 0.25) is 0 Å². The molecule has 92 valence electrons. The molecule has 0 fully saturated rings. The van der Waals surface area contributed by atoms with Gasteiger partial charge in [0.15, 0.2) is 0 Å². The molecule has 0 aliphatic carbocycles. The maximum Gasteiger partial charge on any atom is 0.104 e. The molecule has 0 saturated heterocycles. The molecule has 0 amide bonds. The first-order chi connectivity index (χ1) is 7.15. The maximum absolute atomic E-state index is 2.29. The quantitative estimate of drug-likeness (QED) is 0.654. The average Bonchev–Trinajstić information content (AvgIpc) is 2.29. The summed E-state index contributed by atoms with van der Waals surface area (Å²) < 4.78 is 1.20. The SMILES string of the molecule is CC[N+](CC)(CC)Cc1ccc(C)cc1.[Cl-]. The standard InChI is InChI=1S/C14H24N.ClH/c1-5-15(6-2,7-3)12-14-10-8-13(4)9-11-14;/h8-11H,5-7,12H2,1-4H3;1H/q+1;/p-1. The van der Waals surface area contributed by atoms with Gasteiger partial charge >= 0.3 is 0 Å². The largest absolute Gasteiger partial charge is 1.00 e. The van der Waals surface area contributed by atoms with Crippen molar-refractivity contribution in [2.24, 2.45) is 0 Å². The van der Waals surface area contributed by atoms with E-state index in [1.807, 2.05) is 0 Å². The van der Waals surface area contributed by atoms with Gasteiger partial charge < -0.3 is 16.9 Å². The Bertz CT molecular complexity index is 280. The van der Waals surface area contributed by atoms with Crippen molar-refractivity contribution in [2.75, 3.05) is 19.6 Å². The van der Waals surface area contributed by atoms with E-state index >= 15 is 0 Å². The lowest BCUT2D eigenvalue weighted by molar-refractivity contribution is -0.936. The minimum atomic E-state index is 0. The van der Waals surface area contributed by atoms with E-state index in [1.54, 1.807) is 0 Å². The molecule has 0 aliphatic heterocycles. The number of hydrogen-bond donors (Lipinski definition) is 0. The van der Waals surface area contributed by atoms with Crippen LogP contribution in [0, 0.1) is 6.92 Å². The minimum Gasteiger partial charge on any atom is -1.00 e. The van der Waals surface area contributed by atoms with Crippen LogP contribution in [0.2, 0.25) is 0 Å². The summed E-state index contributed by atoms with van der Waals surface area (Å²) in [5, 5.41) is 0. The van der Waals surface area contributed by atoms with Gasteiger partial charge in [-0.05, 0) is 27.7 Å². The van der Waals surface area contributed by atoms with Crippen LogP contribution in [0.1, 0.15) is 31.9 Å². The molecule has 0 bridgehead atoms. The molecular formula is C14H24ClN. The van der Waals surface area contributed by atoms with Crippen LogP contribution >= 0.6 is 0 Å². The second-order valence-electron chi connectivity index (χ2n) is 4.43. The summed E-state index contributed by atoms with van der Waals surface area (Å²) in [6.07, 6.45) is 0. The van der Waals surface area contributed by atoms with E-state index in [9.17, 15) is 0 Å². The van der Waals surface area contributed by atoms with Gasteiger partial charge in [0, 0.05) is 5.56 Å². The monoisotopic (exact) mass is 241 g/mol. The fraction of sp³-hybridized carbons (Fsp3) is 0.571. The molecule has 1 rings (SSSR count). The van der Waals surface area contributed by atoms with Gasteiger partial charge in [-0.2, -0.15) is 0 Å². The van der Waals surface area contributed by atoms with E-state index in [2.05, 4.69) is 52.0 Å². The van der Waals surface area contributed by atoms with Gasteiger partial charge in [0.1, 0.15) is 6.54 Å². The van der Waals surface area contributed by atoms with E-state index in [4.69, 9.17) is 0 Å². The number of rotatable bonds is 5. The molecule has 16 heavy (non-hydrogen) atoms. The first-order valence-corrected chi connectivity index (χ1v) is 6.06. The zero-order chi connectivity index (χ0) is 11.3. The Balaban J connectivity index is 0.00000225. The van der Waals surface area contributed by atoms with Crippen LogP contribution in [0.3, 0.4) is 0 Å². The predicted octanol–water partition coefficient (Wildman–Crippen LogP) is 0.376. The molecule has 0 N–H and O–H groups in total. The van der Waals surface area contributed by atoms with Gasteiger partial charge in [-0.15, -0.1) is 0 Å². The summed E-state index contributed by atoms with van der Waals surface area (Å²) in [4.78, 5) is 0. The molecule has 1 aromatic rings. The Morgan fingerprint density at radius 3 is 1.69 bits per heavy atom. The second kappa shape index (κ2) is 6.93. The zero-order valence-corrected chi connectivity index (χ0v) is 11.7. The Kier molecular flexibility index (Phi) is 6.70. The first-order valence-electron chi connectivity index (χ1n) is 6.06. The number of halogens is 1. The van der Waals surface area contributed by atoms with Gasteiger partial charge in [-0.1, -0.05) is 29.8 Å². The van der Waals surface area contributed by atoms with Crippen molar-refractivity contribution in [3.05, 3.63) is 35.4 Å². The summed E-state index contributed by atoms with van der Waals surface area (Å²) >= 11 is 0. The van der Waals surface area contributed by atoms with Crippen LogP contribution in [0.15, 0.2) is 24.3 Å². The zero-order valence-electron chi connectivity index (χ0n) is 11.0. The van der Waals surface area contributed by atoms with Gasteiger partial charge in [0.05, 0.1) is 19.6 Å². The first kappa shape index (κ1) is 15.5. The van der Waals surface area contributed by atoms with Crippen molar-refractivity contribution in [3.63, 3.8) is 0 Å². The molecule has 0 radical (unpaired) electrons. The highest BCUT2D eigenvalue weighted by molar-refractivity contribution is 5.20. The highest BCUT2D eigenvalue weighted by Crippen LogP contribution is 2.14. The van der Waals surface area contributed by atoms with E-state index < -0.39 is 0 Å². The predicted molar refractivity (Wildman–Crippen MR) is 66.8 cm³/mol. The molecular weight excluding hydrogens is 218 g/mol. The third kappa shape index (κ3) is 3.80. The molecule has 0 saturated carbocycles. The number of nitrogens with zero attached hydrogens (tertiary/aromatic N) is 1. The molecule has 0 atom stereocenters. The van der Waals surface area contributed by atoms with Gasteiger partial charge in [-0.3, -0.25) is 0 Å². The minimum absolute atomic E-state index is 0. The second-order valence-corrected chi connectivity index (χ2v) is 4.43. The van der Waals surface area contributed by atoms with Crippen molar-refractivity contribution in [1.82, 2.24) is 0 Å². The highest BCUT2D eigenvalue weighted by atomic mass is 35.5. The summed E-state index contributed by atoms with van der Waals surface area (Å²) in [6, 6.07) is 8.96. The van der Waals surface area contributed by atoms with Crippen LogP contribution in [-0.2, 0) is 6.54 Å². The Hall–Kier alpha value is -0.530. The Morgan fingerprint density at radius 1 is 0.875 bits per heavy atom. The topological polar surface area (TPSA) is 0 Å². The third-order valence-electron chi connectivity index (χ3n) is 3.65. The van der Waals surface area contributed by atoms with Gasteiger partial charge in [0.25, 0.3) is 0 Å². The lowest BCUT2D eigenvalue weighted by Crippen LogP contribution is -3.00. The fourth-order valence-corrected chi connectivity index (χ4v) is 2.09. The van der Waals surface area contributed by atoms with Crippen LogP contribution in [0.4, 0.5) is 0 Å². The van der Waals surface area contributed by atoms with Crippen molar-refractivity contribution in [1.29, 1.82) is 0 Å². The van der Waals surface area contributed by atoms with Crippen molar-refractivity contribution >= 4 is 0 Å². The third-order valence-corrected chi connectivity index (χ3v) is 3.65. The van der Waals surface area contributed by atoms with Crippen molar-refractivity contribution in [2.45, 2.75) is 34.2 Å². The number of aryl methyl sites for hydroxylation is 1. The average molecular weight is 242 g/mol. The normalized spacial score (nSPS) is 11.0. The lowest BCUT2D eigenvalue weighted by atomic mass is 10.1. The molecule has 0 spiro atoms. The van der Waals surface area contributed by atoms with E-state index in [0.717, 1.165) is 0 Å². The molecule has 0 aliphatic rings. The van der Waals surface area contributed by atoms with Crippen LogP contribution in [-0.4, -0.2) is 24.1 Å². The smallest absolute Gasteiger partial charge is 0.104 e. The van der Waals surface area contributed by atoms with Crippen molar-refractivity contribution in [3.8, 4) is 0 Å². The number of hydrogen-bond acceptors (Lipinski definition) is 0. The maximum atomic E-state index is 2.29. The van der Waals surface area contributed by atoms with E-state index in [1.165, 1.54) is 41.8 Å². The van der Waals surface area contributed by atoms with Crippen LogP contribution in [0.5, 0.6) is 0 Å². The van der Waals surface area contributed by atoms with Crippen LogP contribution in [0.25, 0.3) is 0 Å². The number of quaternary nitrogens is 1. The van der Waals surface area contributed by atoms with Crippen molar-refractivity contribution < 1.29 is 16.9 Å². The fourth-order valence-electron chi connectivity index (χ4n) is 2.09. The van der Waals surface area contributed by atoms with E-state index in [0.29, 0.717) is 0 Å². The summed E-state index contributed by atoms with van der Waals surface area (Å²) in [5.74, 6) is 0. The van der Waals surface area contributed by atoms with Gasteiger partial charge in [-0.25, -0.2) is 0 Å². The van der Waals surface area contributed by atoms with E-state index in [-0.39, 0.29) is 12.4 Å². The molecule has 1 nitrogen and oxygen atoms in total. The number of benzene rings is 1. The summed E-state index contributed by atoms with van der Waals surface area (Å²) in [6.45, 7) is 13.9. The molecule has 0 heterocycles. The van der Waals surface area contributed by atoms with Crippen LogP contribution < -0.4 is 12.4 Å². The lowest BCUT2D eigenvalue weighted by Gasteiger charge is -2.35. The Labute approximate surface area is 106 Å². The Morgan fingerprint density at radius 2 is 1.31 bits per heavy atom.